The molecule has 0 N–H and O–H groups in total. The Hall–Kier alpha value is -0.380. The van der Waals surface area contributed by atoms with Crippen LogP contribution in [0.4, 0.5) is 0 Å². The van der Waals surface area contributed by atoms with Crippen LogP contribution in [0.5, 0.6) is 0 Å². The van der Waals surface area contributed by atoms with E-state index < -0.39 is 0 Å². The van der Waals surface area contributed by atoms with E-state index in [1.807, 2.05) is 30.0 Å². The summed E-state index contributed by atoms with van der Waals surface area (Å²) in [6, 6.07) is 6.15. The Kier molecular flexibility index (Phi) is 4.82. The van der Waals surface area contributed by atoms with E-state index in [-0.39, 0.29) is 0 Å². The van der Waals surface area contributed by atoms with E-state index in [4.69, 9.17) is 23.2 Å². The van der Waals surface area contributed by atoms with Gasteiger partial charge in [0, 0.05) is 16.8 Å². The first-order chi connectivity index (χ1) is 8.67. The third kappa shape index (κ3) is 2.79. The van der Waals surface area contributed by atoms with Crippen LogP contribution in [-0.2, 0) is 5.88 Å². The number of halogens is 2. The molecule has 0 radical (unpaired) electrons. The van der Waals surface area contributed by atoms with Gasteiger partial charge in [0.1, 0.15) is 5.82 Å². The maximum atomic E-state index is 6.07. The monoisotopic (exact) mass is 302 g/mol. The van der Waals surface area contributed by atoms with Crippen molar-refractivity contribution >= 4 is 46.0 Å². The summed E-state index contributed by atoms with van der Waals surface area (Å²) >= 11 is 14.0. The first-order valence-corrected chi connectivity index (χ1v) is 8.04. The average molecular weight is 303 g/mol. The predicted octanol–water partition coefficient (Wildman–Crippen LogP) is 4.74. The molecule has 0 spiro atoms. The van der Waals surface area contributed by atoms with Crippen LogP contribution in [0.3, 0.4) is 0 Å². The lowest BCUT2D eigenvalue weighted by molar-refractivity contribution is 0.606. The second kappa shape index (κ2) is 6.18. The van der Waals surface area contributed by atoms with Crippen molar-refractivity contribution < 1.29 is 0 Å². The van der Waals surface area contributed by atoms with Crippen molar-refractivity contribution in [1.82, 2.24) is 9.55 Å². The second-order valence-electron chi connectivity index (χ2n) is 4.17. The number of benzene rings is 1. The van der Waals surface area contributed by atoms with E-state index in [9.17, 15) is 0 Å². The highest BCUT2D eigenvalue weighted by molar-refractivity contribution is 7.99. The van der Waals surface area contributed by atoms with Gasteiger partial charge in [0.05, 0.1) is 16.9 Å². The molecule has 2 rings (SSSR count). The number of thioether (sulfide) groups is 1. The maximum Gasteiger partial charge on any atom is 0.125 e. The average Bonchev–Trinajstić information content (AvgIpc) is 2.73. The van der Waals surface area contributed by atoms with Crippen LogP contribution in [0.1, 0.15) is 25.7 Å². The maximum absolute atomic E-state index is 6.07. The molecule has 1 unspecified atom stereocenters. The van der Waals surface area contributed by atoms with Crippen molar-refractivity contribution in [3.63, 3.8) is 0 Å². The fourth-order valence-electron chi connectivity index (χ4n) is 2.07. The van der Waals surface area contributed by atoms with Gasteiger partial charge in [-0.2, -0.15) is 11.8 Å². The molecule has 0 amide bonds. The van der Waals surface area contributed by atoms with E-state index >= 15 is 0 Å². The minimum absolute atomic E-state index is 0.368. The van der Waals surface area contributed by atoms with Crippen LogP contribution < -0.4 is 0 Å². The fourth-order valence-corrected chi connectivity index (χ4v) is 3.15. The minimum atomic E-state index is 0.368. The number of imidazole rings is 1. The summed E-state index contributed by atoms with van der Waals surface area (Å²) in [5, 5.41) is 0.736. The molecular formula is C13H16Cl2N2S. The largest absolute Gasteiger partial charge is 0.323 e. The summed E-state index contributed by atoms with van der Waals surface area (Å²) < 4.78 is 2.21. The highest BCUT2D eigenvalue weighted by Crippen LogP contribution is 2.26. The van der Waals surface area contributed by atoms with E-state index in [1.54, 1.807) is 0 Å². The van der Waals surface area contributed by atoms with Crippen LogP contribution >= 0.6 is 35.0 Å². The number of rotatable bonds is 5. The smallest absolute Gasteiger partial charge is 0.125 e. The third-order valence-electron chi connectivity index (χ3n) is 2.85. The SMILES string of the molecule is CCSCC(C)n1c(CCl)nc2ccc(Cl)cc21. The van der Waals surface area contributed by atoms with Gasteiger partial charge >= 0.3 is 0 Å². The Balaban J connectivity index is 2.48. The summed E-state index contributed by atoms with van der Waals surface area (Å²) in [4.78, 5) is 4.56. The van der Waals surface area contributed by atoms with Gasteiger partial charge in [0.15, 0.2) is 0 Å². The van der Waals surface area contributed by atoms with Crippen molar-refractivity contribution in [3.05, 3.63) is 29.0 Å². The van der Waals surface area contributed by atoms with Crippen molar-refractivity contribution in [1.29, 1.82) is 0 Å². The van der Waals surface area contributed by atoms with Gasteiger partial charge in [-0.1, -0.05) is 18.5 Å². The quantitative estimate of drug-likeness (QED) is 0.742. The Labute approximate surface area is 122 Å². The lowest BCUT2D eigenvalue weighted by atomic mass is 10.3. The van der Waals surface area contributed by atoms with Gasteiger partial charge in [0.25, 0.3) is 0 Å². The molecule has 5 heteroatoms. The molecular weight excluding hydrogens is 287 g/mol. The summed E-state index contributed by atoms with van der Waals surface area (Å²) in [5.41, 5.74) is 2.03. The molecule has 18 heavy (non-hydrogen) atoms. The minimum Gasteiger partial charge on any atom is -0.323 e. The molecule has 2 nitrogen and oxygen atoms in total. The number of aromatic nitrogens is 2. The normalized spacial score (nSPS) is 13.1. The van der Waals surface area contributed by atoms with Gasteiger partial charge in [-0.05, 0) is 30.9 Å². The van der Waals surface area contributed by atoms with Gasteiger partial charge in [0.2, 0.25) is 0 Å². The molecule has 0 aliphatic rings. The Bertz CT molecular complexity index is 539. The van der Waals surface area contributed by atoms with Crippen molar-refractivity contribution in [2.75, 3.05) is 11.5 Å². The summed E-state index contributed by atoms with van der Waals surface area (Å²) in [6.45, 7) is 4.36. The Morgan fingerprint density at radius 3 is 2.89 bits per heavy atom. The highest BCUT2D eigenvalue weighted by atomic mass is 35.5. The molecule has 0 aliphatic carbocycles. The molecule has 98 valence electrons. The zero-order chi connectivity index (χ0) is 13.1. The molecule has 1 aromatic heterocycles. The summed E-state index contributed by atoms with van der Waals surface area (Å²) in [6.07, 6.45) is 0. The number of alkyl halides is 1. The van der Waals surface area contributed by atoms with Gasteiger partial charge in [-0.25, -0.2) is 4.98 Å². The van der Waals surface area contributed by atoms with E-state index in [0.717, 1.165) is 33.4 Å². The molecule has 0 saturated carbocycles. The van der Waals surface area contributed by atoms with Gasteiger partial charge < -0.3 is 4.57 Å². The predicted molar refractivity (Wildman–Crippen MR) is 82.0 cm³/mol. The van der Waals surface area contributed by atoms with E-state index in [1.165, 1.54) is 0 Å². The topological polar surface area (TPSA) is 17.8 Å². The lowest BCUT2D eigenvalue weighted by Gasteiger charge is -2.16. The van der Waals surface area contributed by atoms with E-state index in [0.29, 0.717) is 11.9 Å². The van der Waals surface area contributed by atoms with Crippen molar-refractivity contribution in [3.8, 4) is 0 Å². The van der Waals surface area contributed by atoms with Crippen LogP contribution in [0, 0.1) is 0 Å². The van der Waals surface area contributed by atoms with Gasteiger partial charge in [-0.15, -0.1) is 11.6 Å². The first-order valence-electron chi connectivity index (χ1n) is 5.97. The van der Waals surface area contributed by atoms with Crippen LogP contribution in [-0.4, -0.2) is 21.1 Å². The number of nitrogens with zero attached hydrogens (tertiary/aromatic N) is 2. The highest BCUT2D eigenvalue weighted by Gasteiger charge is 2.15. The molecule has 0 aliphatic heterocycles. The van der Waals surface area contributed by atoms with Crippen molar-refractivity contribution in [2.24, 2.45) is 0 Å². The molecule has 1 aromatic carbocycles. The summed E-state index contributed by atoms with van der Waals surface area (Å²) in [5.74, 6) is 3.51. The number of fused-ring (bicyclic) bond motifs is 1. The van der Waals surface area contributed by atoms with Crippen LogP contribution in [0.25, 0.3) is 11.0 Å². The van der Waals surface area contributed by atoms with Crippen LogP contribution in [0.15, 0.2) is 18.2 Å². The van der Waals surface area contributed by atoms with Crippen molar-refractivity contribution in [2.45, 2.75) is 25.8 Å². The van der Waals surface area contributed by atoms with E-state index in [2.05, 4.69) is 23.4 Å². The van der Waals surface area contributed by atoms with Gasteiger partial charge in [-0.3, -0.25) is 0 Å². The second-order valence-corrected chi connectivity index (χ2v) is 6.20. The molecule has 0 fully saturated rings. The Morgan fingerprint density at radius 1 is 1.44 bits per heavy atom. The van der Waals surface area contributed by atoms with Crippen LogP contribution in [0.2, 0.25) is 5.02 Å². The summed E-state index contributed by atoms with van der Waals surface area (Å²) in [7, 11) is 0. The molecule has 1 atom stereocenters. The number of hydrogen-bond donors (Lipinski definition) is 0. The third-order valence-corrected chi connectivity index (χ3v) is 4.45. The standard InChI is InChI=1S/C13H16Cl2N2S/c1-3-18-8-9(2)17-12-6-10(15)4-5-11(12)16-13(17)7-14/h4-6,9H,3,7-8H2,1-2H3. The zero-order valence-electron chi connectivity index (χ0n) is 10.5. The Morgan fingerprint density at radius 2 is 2.22 bits per heavy atom. The lowest BCUT2D eigenvalue weighted by Crippen LogP contribution is -2.11. The molecule has 0 saturated heterocycles. The molecule has 2 aromatic rings. The zero-order valence-corrected chi connectivity index (χ0v) is 12.8. The number of hydrogen-bond acceptors (Lipinski definition) is 2. The first kappa shape index (κ1) is 14.0. The molecule has 1 heterocycles. The molecule has 0 bridgehead atoms. The fraction of sp³-hybridized carbons (Fsp3) is 0.462.